The van der Waals surface area contributed by atoms with Crippen molar-refractivity contribution in [2.24, 2.45) is 0 Å². The van der Waals surface area contributed by atoms with E-state index in [1.54, 1.807) is 43.3 Å². The Morgan fingerprint density at radius 1 is 1.04 bits per heavy atom. The van der Waals surface area contributed by atoms with Gasteiger partial charge in [0.25, 0.3) is 0 Å². The van der Waals surface area contributed by atoms with E-state index in [0.717, 1.165) is 26.6 Å². The molecule has 0 aliphatic carbocycles. The van der Waals surface area contributed by atoms with E-state index in [1.807, 2.05) is 19.9 Å². The number of nitrogens with one attached hydrogen (secondary N) is 1. The minimum absolute atomic E-state index is 0.226. The molecular formula is C20H18BrNO3. The van der Waals surface area contributed by atoms with Crippen molar-refractivity contribution in [1.82, 2.24) is 4.98 Å². The molecule has 2 aromatic carbocycles. The second kappa shape index (κ2) is 6.84. The number of H-pyrrole nitrogens is 1. The molecule has 0 aliphatic rings. The van der Waals surface area contributed by atoms with Gasteiger partial charge in [-0.3, -0.25) is 4.79 Å². The number of halogens is 1. The summed E-state index contributed by atoms with van der Waals surface area (Å²) in [6.45, 7) is 5.59. The highest BCUT2D eigenvalue weighted by Crippen LogP contribution is 2.23. The van der Waals surface area contributed by atoms with Crippen LogP contribution >= 0.6 is 15.9 Å². The van der Waals surface area contributed by atoms with Crippen molar-refractivity contribution >= 4 is 38.6 Å². The largest absolute Gasteiger partial charge is 0.451 e. The van der Waals surface area contributed by atoms with Gasteiger partial charge < -0.3 is 9.72 Å². The summed E-state index contributed by atoms with van der Waals surface area (Å²) in [5.74, 6) is -0.728. The second-order valence-electron chi connectivity index (χ2n) is 6.05. The molecular weight excluding hydrogens is 382 g/mol. The molecule has 1 N–H and O–H groups in total. The smallest absolute Gasteiger partial charge is 0.338 e. The molecule has 0 saturated heterocycles. The number of rotatable bonds is 4. The van der Waals surface area contributed by atoms with Crippen molar-refractivity contribution in [3.63, 3.8) is 0 Å². The molecule has 25 heavy (non-hydrogen) atoms. The Kier molecular flexibility index (Phi) is 4.77. The van der Waals surface area contributed by atoms with E-state index in [2.05, 4.69) is 20.9 Å². The van der Waals surface area contributed by atoms with Crippen LogP contribution in [0.5, 0.6) is 0 Å². The van der Waals surface area contributed by atoms with Crippen LogP contribution in [0.2, 0.25) is 0 Å². The zero-order valence-corrected chi connectivity index (χ0v) is 15.8. The quantitative estimate of drug-likeness (QED) is 0.497. The Morgan fingerprint density at radius 2 is 1.68 bits per heavy atom. The molecule has 5 heteroatoms. The Labute approximate surface area is 154 Å². The lowest BCUT2D eigenvalue weighted by Crippen LogP contribution is -2.24. The van der Waals surface area contributed by atoms with E-state index in [-0.39, 0.29) is 5.78 Å². The molecule has 3 rings (SSSR count). The van der Waals surface area contributed by atoms with Gasteiger partial charge in [0.1, 0.15) is 0 Å². The van der Waals surface area contributed by atoms with Crippen LogP contribution in [0.4, 0.5) is 0 Å². The number of hydrogen-bond donors (Lipinski definition) is 1. The zero-order valence-electron chi connectivity index (χ0n) is 14.2. The number of ether oxygens (including phenoxy) is 1. The fraction of sp³-hybridized carbons (Fsp3) is 0.200. The first-order valence-electron chi connectivity index (χ1n) is 7.96. The zero-order chi connectivity index (χ0) is 18.1. The monoisotopic (exact) mass is 399 g/mol. The normalized spacial score (nSPS) is 12.2. The van der Waals surface area contributed by atoms with Crippen LogP contribution in [0.3, 0.4) is 0 Å². The van der Waals surface area contributed by atoms with Crippen molar-refractivity contribution in [3.8, 4) is 0 Å². The Balaban J connectivity index is 1.78. The summed E-state index contributed by atoms with van der Waals surface area (Å²) < 4.78 is 6.26. The van der Waals surface area contributed by atoms with E-state index in [0.29, 0.717) is 11.1 Å². The molecule has 3 aromatic rings. The number of aromatic amines is 1. The molecule has 0 saturated carbocycles. The Hall–Kier alpha value is -2.40. The summed E-state index contributed by atoms with van der Waals surface area (Å²) >= 11 is 3.33. The third-order valence-electron chi connectivity index (χ3n) is 4.33. The second-order valence-corrected chi connectivity index (χ2v) is 6.97. The van der Waals surface area contributed by atoms with Gasteiger partial charge in [0, 0.05) is 26.6 Å². The molecule has 1 unspecified atom stereocenters. The van der Waals surface area contributed by atoms with Crippen molar-refractivity contribution in [3.05, 3.63) is 69.3 Å². The van der Waals surface area contributed by atoms with Crippen LogP contribution in [0.1, 0.15) is 38.9 Å². The van der Waals surface area contributed by atoms with E-state index >= 15 is 0 Å². The van der Waals surface area contributed by atoms with Crippen molar-refractivity contribution in [2.45, 2.75) is 26.9 Å². The van der Waals surface area contributed by atoms with Crippen molar-refractivity contribution in [1.29, 1.82) is 0 Å². The predicted octanol–water partition coefficient (Wildman–Crippen LogP) is 4.98. The maximum atomic E-state index is 12.4. The van der Waals surface area contributed by atoms with E-state index in [1.165, 1.54) is 0 Å². The molecule has 0 bridgehead atoms. The fourth-order valence-corrected chi connectivity index (χ4v) is 2.98. The minimum Gasteiger partial charge on any atom is -0.451 e. The maximum Gasteiger partial charge on any atom is 0.338 e. The molecule has 128 valence electrons. The van der Waals surface area contributed by atoms with Gasteiger partial charge in [-0.1, -0.05) is 28.1 Å². The molecule has 4 nitrogen and oxygen atoms in total. The summed E-state index contributed by atoms with van der Waals surface area (Å²) in [6, 6.07) is 12.3. The molecule has 0 spiro atoms. The van der Waals surface area contributed by atoms with Crippen LogP contribution in [0.15, 0.2) is 46.9 Å². The fourth-order valence-electron chi connectivity index (χ4n) is 2.72. The van der Waals surface area contributed by atoms with Gasteiger partial charge in [-0.2, -0.15) is 0 Å². The highest BCUT2D eigenvalue weighted by Gasteiger charge is 2.21. The number of esters is 1. The van der Waals surface area contributed by atoms with E-state index in [9.17, 15) is 9.59 Å². The highest BCUT2D eigenvalue weighted by atomic mass is 79.9. The van der Waals surface area contributed by atoms with Crippen LogP contribution in [-0.2, 0) is 4.74 Å². The molecule has 0 aliphatic heterocycles. The summed E-state index contributed by atoms with van der Waals surface area (Å²) in [5, 5.41) is 0.985. The lowest BCUT2D eigenvalue weighted by molar-refractivity contribution is 0.0319. The first kappa shape index (κ1) is 17.4. The van der Waals surface area contributed by atoms with Gasteiger partial charge in [-0.25, -0.2) is 4.79 Å². The molecule has 1 heterocycles. The molecule has 0 amide bonds. The van der Waals surface area contributed by atoms with Gasteiger partial charge >= 0.3 is 5.97 Å². The number of aryl methyl sites for hydroxylation is 2. The van der Waals surface area contributed by atoms with Gasteiger partial charge in [-0.15, -0.1) is 0 Å². The summed E-state index contributed by atoms with van der Waals surface area (Å²) in [4.78, 5) is 28.1. The van der Waals surface area contributed by atoms with Crippen LogP contribution in [0, 0.1) is 13.8 Å². The van der Waals surface area contributed by atoms with Crippen molar-refractivity contribution in [2.75, 3.05) is 0 Å². The van der Waals surface area contributed by atoms with Gasteiger partial charge in [0.05, 0.1) is 5.56 Å². The number of carbonyl (C=O) groups excluding carboxylic acids is 2. The number of hydrogen-bond acceptors (Lipinski definition) is 3. The lowest BCUT2D eigenvalue weighted by Gasteiger charge is -2.12. The van der Waals surface area contributed by atoms with Gasteiger partial charge in [0.2, 0.25) is 5.78 Å². The third kappa shape index (κ3) is 3.51. The number of ketones is 1. The van der Waals surface area contributed by atoms with E-state index < -0.39 is 12.1 Å². The summed E-state index contributed by atoms with van der Waals surface area (Å²) in [6.07, 6.45) is -0.849. The van der Waals surface area contributed by atoms with Crippen LogP contribution in [-0.4, -0.2) is 22.8 Å². The van der Waals surface area contributed by atoms with E-state index in [4.69, 9.17) is 4.74 Å². The molecule has 1 aromatic heterocycles. The minimum atomic E-state index is -0.849. The highest BCUT2D eigenvalue weighted by molar-refractivity contribution is 9.10. The first-order valence-corrected chi connectivity index (χ1v) is 8.76. The number of benzene rings is 2. The first-order chi connectivity index (χ1) is 11.9. The van der Waals surface area contributed by atoms with Crippen molar-refractivity contribution < 1.29 is 14.3 Å². The molecule has 1 atom stereocenters. The van der Waals surface area contributed by atoms with Gasteiger partial charge in [-0.05, 0) is 56.7 Å². The van der Waals surface area contributed by atoms with Crippen LogP contribution in [0.25, 0.3) is 10.9 Å². The third-order valence-corrected chi connectivity index (χ3v) is 4.85. The average Bonchev–Trinajstić information content (AvgIpc) is 2.88. The summed E-state index contributed by atoms with van der Waals surface area (Å²) in [5.41, 5.74) is 4.09. The number of carbonyl (C=O) groups is 2. The SMILES string of the molecule is Cc1[nH]c2ccc(C(=O)OC(C)C(=O)c3ccc(Br)cc3)cc2c1C. The Morgan fingerprint density at radius 3 is 2.36 bits per heavy atom. The maximum absolute atomic E-state index is 12.4. The summed E-state index contributed by atoms with van der Waals surface area (Å²) in [7, 11) is 0. The predicted molar refractivity (Wildman–Crippen MR) is 101 cm³/mol. The molecule has 0 fully saturated rings. The average molecular weight is 400 g/mol. The standard InChI is InChI=1S/C20H18BrNO3/c1-11-12(2)22-18-9-6-15(10-17(11)18)20(24)25-13(3)19(23)14-4-7-16(21)8-5-14/h4-10,13,22H,1-3H3. The molecule has 0 radical (unpaired) electrons. The lowest BCUT2D eigenvalue weighted by atomic mass is 10.1. The topological polar surface area (TPSA) is 59.2 Å². The number of aromatic nitrogens is 1. The Bertz CT molecular complexity index is 957. The number of Topliss-reactive ketones (excluding diaryl/α,β-unsaturated/α-hetero) is 1. The van der Waals surface area contributed by atoms with Gasteiger partial charge in [0.15, 0.2) is 6.10 Å². The number of fused-ring (bicyclic) bond motifs is 1. The van der Waals surface area contributed by atoms with Crippen LogP contribution < -0.4 is 0 Å².